The molecule has 0 saturated heterocycles. The summed E-state index contributed by atoms with van der Waals surface area (Å²) in [6.07, 6.45) is 0. The van der Waals surface area contributed by atoms with Crippen LogP contribution in [0, 0.1) is 0 Å². The van der Waals surface area contributed by atoms with Gasteiger partial charge in [0.25, 0.3) is 0 Å². The highest BCUT2D eigenvalue weighted by molar-refractivity contribution is 7.79. The van der Waals surface area contributed by atoms with E-state index in [-0.39, 0.29) is 5.95 Å². The Hall–Kier alpha value is -0.710. The first-order valence-corrected chi connectivity index (χ1v) is 2.74. The van der Waals surface area contributed by atoms with Crippen LogP contribution in [0.2, 0.25) is 0 Å². The summed E-state index contributed by atoms with van der Waals surface area (Å²) in [7, 11) is 0. The first-order valence-electron chi connectivity index (χ1n) is 2.10. The Morgan fingerprint density at radius 2 is 2.50 bits per heavy atom. The van der Waals surface area contributed by atoms with Gasteiger partial charge in [0.1, 0.15) is 5.82 Å². The molecule has 0 amide bonds. The molecule has 1 aromatic heterocycles. The van der Waals surface area contributed by atoms with Crippen molar-refractivity contribution in [2.45, 2.75) is 5.75 Å². The number of H-pyrrole nitrogens is 1. The summed E-state index contributed by atoms with van der Waals surface area (Å²) in [4.78, 5) is 3.76. The molecular formula is C3H6N4S. The highest BCUT2D eigenvalue weighted by Crippen LogP contribution is 1.94. The van der Waals surface area contributed by atoms with E-state index in [2.05, 4.69) is 27.8 Å². The van der Waals surface area contributed by atoms with Gasteiger partial charge < -0.3 is 5.73 Å². The van der Waals surface area contributed by atoms with Crippen molar-refractivity contribution < 1.29 is 0 Å². The highest BCUT2D eigenvalue weighted by Gasteiger charge is 1.92. The fraction of sp³-hybridized carbons (Fsp3) is 0.333. The Kier molecular flexibility index (Phi) is 1.38. The molecule has 0 bridgehead atoms. The lowest BCUT2D eigenvalue weighted by Crippen LogP contribution is -1.85. The molecule has 3 N–H and O–H groups in total. The minimum Gasteiger partial charge on any atom is -0.367 e. The normalized spacial score (nSPS) is 9.62. The first kappa shape index (κ1) is 5.43. The van der Waals surface area contributed by atoms with Crippen LogP contribution in [-0.2, 0) is 5.75 Å². The number of nitrogens with zero attached hydrogens (tertiary/aromatic N) is 2. The zero-order valence-corrected chi connectivity index (χ0v) is 5.02. The average molecular weight is 130 g/mol. The molecule has 0 saturated carbocycles. The van der Waals surface area contributed by atoms with Crippen LogP contribution in [0.15, 0.2) is 0 Å². The molecule has 1 rings (SSSR count). The van der Waals surface area contributed by atoms with Crippen molar-refractivity contribution in [1.29, 1.82) is 0 Å². The molecule has 4 nitrogen and oxygen atoms in total. The van der Waals surface area contributed by atoms with Crippen LogP contribution in [-0.4, -0.2) is 15.2 Å². The Labute approximate surface area is 51.9 Å². The monoisotopic (exact) mass is 130 g/mol. The van der Waals surface area contributed by atoms with Crippen LogP contribution in [0.25, 0.3) is 0 Å². The summed E-state index contributed by atoms with van der Waals surface area (Å²) < 4.78 is 0. The van der Waals surface area contributed by atoms with Gasteiger partial charge in [0.2, 0.25) is 5.95 Å². The van der Waals surface area contributed by atoms with Crippen molar-refractivity contribution in [2.75, 3.05) is 5.73 Å². The molecule has 1 heterocycles. The number of nitrogens with two attached hydrogens (primary N) is 1. The molecule has 5 heteroatoms. The minimum absolute atomic E-state index is 0.272. The molecule has 0 fully saturated rings. The van der Waals surface area contributed by atoms with Crippen LogP contribution in [0.1, 0.15) is 5.82 Å². The van der Waals surface area contributed by atoms with Gasteiger partial charge in [-0.25, -0.2) is 0 Å². The summed E-state index contributed by atoms with van der Waals surface area (Å²) in [6.45, 7) is 0. The number of nitrogens with one attached hydrogen (secondary N) is 1. The van der Waals surface area contributed by atoms with E-state index >= 15 is 0 Å². The summed E-state index contributed by atoms with van der Waals surface area (Å²) in [5, 5.41) is 6.17. The topological polar surface area (TPSA) is 67.6 Å². The second kappa shape index (κ2) is 2.04. The lowest BCUT2D eigenvalue weighted by Gasteiger charge is -1.77. The van der Waals surface area contributed by atoms with Crippen molar-refractivity contribution in [3.8, 4) is 0 Å². The Morgan fingerprint density at radius 1 is 1.75 bits per heavy atom. The molecule has 8 heavy (non-hydrogen) atoms. The number of rotatable bonds is 1. The van der Waals surface area contributed by atoms with E-state index in [1.54, 1.807) is 0 Å². The molecule has 44 valence electrons. The van der Waals surface area contributed by atoms with Crippen LogP contribution >= 0.6 is 12.6 Å². The van der Waals surface area contributed by atoms with Gasteiger partial charge in [0, 0.05) is 0 Å². The quantitative estimate of drug-likeness (QED) is 0.462. The Bertz CT molecular complexity index is 172. The van der Waals surface area contributed by atoms with E-state index in [0.717, 1.165) is 0 Å². The van der Waals surface area contributed by atoms with Crippen LogP contribution < -0.4 is 5.73 Å². The maximum Gasteiger partial charge on any atom is 0.239 e. The first-order chi connectivity index (χ1) is 3.83. The average Bonchev–Trinajstić information content (AvgIpc) is 2.14. The third kappa shape index (κ3) is 0.919. The van der Waals surface area contributed by atoms with Crippen molar-refractivity contribution >= 4 is 18.6 Å². The summed E-state index contributed by atoms with van der Waals surface area (Å²) >= 11 is 3.93. The van der Waals surface area contributed by atoms with Crippen molar-refractivity contribution in [3.05, 3.63) is 5.82 Å². The molecule has 0 unspecified atom stereocenters. The van der Waals surface area contributed by atoms with Crippen molar-refractivity contribution in [1.82, 2.24) is 15.2 Å². The smallest absolute Gasteiger partial charge is 0.239 e. The van der Waals surface area contributed by atoms with E-state index in [9.17, 15) is 0 Å². The number of aromatic nitrogens is 3. The zero-order chi connectivity index (χ0) is 5.98. The molecule has 0 spiro atoms. The minimum atomic E-state index is 0.272. The van der Waals surface area contributed by atoms with E-state index < -0.39 is 0 Å². The molecule has 0 aliphatic carbocycles. The fourth-order valence-electron chi connectivity index (χ4n) is 0.381. The standard InChI is InChI=1S/C3H6N4S/c4-3-5-2(1-8)6-7-3/h8H,1H2,(H3,4,5,6,7). The Morgan fingerprint density at radius 3 is 2.75 bits per heavy atom. The van der Waals surface area contributed by atoms with Crippen LogP contribution in [0.4, 0.5) is 5.95 Å². The lowest BCUT2D eigenvalue weighted by atomic mass is 10.7. The number of hydrogen-bond donors (Lipinski definition) is 3. The molecular weight excluding hydrogens is 124 g/mol. The maximum absolute atomic E-state index is 5.17. The second-order valence-electron chi connectivity index (χ2n) is 1.30. The fourth-order valence-corrected chi connectivity index (χ4v) is 0.522. The number of thiol groups is 1. The van der Waals surface area contributed by atoms with Gasteiger partial charge >= 0.3 is 0 Å². The van der Waals surface area contributed by atoms with Crippen LogP contribution in [0.5, 0.6) is 0 Å². The molecule has 1 aromatic rings. The third-order valence-electron chi connectivity index (χ3n) is 0.699. The predicted octanol–water partition coefficient (Wildman–Crippen LogP) is -0.183. The summed E-state index contributed by atoms with van der Waals surface area (Å²) in [5.41, 5.74) is 5.17. The number of nitrogen functional groups attached to an aromatic ring is 1. The van der Waals surface area contributed by atoms with Gasteiger partial charge in [0.05, 0.1) is 5.75 Å². The molecule has 0 radical (unpaired) electrons. The van der Waals surface area contributed by atoms with E-state index in [0.29, 0.717) is 11.6 Å². The number of anilines is 1. The van der Waals surface area contributed by atoms with E-state index in [4.69, 9.17) is 5.73 Å². The third-order valence-corrected chi connectivity index (χ3v) is 0.998. The maximum atomic E-state index is 5.17. The number of aromatic amines is 1. The summed E-state index contributed by atoms with van der Waals surface area (Å²) in [5.74, 6) is 1.52. The highest BCUT2D eigenvalue weighted by atomic mass is 32.1. The van der Waals surface area contributed by atoms with Gasteiger partial charge in [-0.1, -0.05) is 0 Å². The van der Waals surface area contributed by atoms with Gasteiger partial charge in [-0.3, -0.25) is 5.10 Å². The SMILES string of the molecule is Nc1n[nH]c(CS)n1. The zero-order valence-electron chi connectivity index (χ0n) is 4.13. The molecule has 0 aliphatic heterocycles. The van der Waals surface area contributed by atoms with E-state index in [1.807, 2.05) is 0 Å². The van der Waals surface area contributed by atoms with Crippen molar-refractivity contribution in [2.24, 2.45) is 0 Å². The molecule has 0 aromatic carbocycles. The van der Waals surface area contributed by atoms with Gasteiger partial charge in [0.15, 0.2) is 0 Å². The van der Waals surface area contributed by atoms with Gasteiger partial charge in [-0.15, -0.1) is 5.10 Å². The van der Waals surface area contributed by atoms with E-state index in [1.165, 1.54) is 0 Å². The van der Waals surface area contributed by atoms with Crippen molar-refractivity contribution in [3.63, 3.8) is 0 Å². The largest absolute Gasteiger partial charge is 0.367 e. The number of hydrogen-bond acceptors (Lipinski definition) is 4. The predicted molar refractivity (Wildman–Crippen MR) is 33.5 cm³/mol. The second-order valence-corrected chi connectivity index (χ2v) is 1.61. The Balaban J connectivity index is 2.84. The lowest BCUT2D eigenvalue weighted by molar-refractivity contribution is 1.03. The van der Waals surface area contributed by atoms with Crippen LogP contribution in [0.3, 0.4) is 0 Å². The molecule has 0 aliphatic rings. The van der Waals surface area contributed by atoms with Gasteiger partial charge in [-0.2, -0.15) is 17.6 Å². The van der Waals surface area contributed by atoms with Gasteiger partial charge in [-0.05, 0) is 0 Å². The summed E-state index contributed by atoms with van der Waals surface area (Å²) in [6, 6.07) is 0. The molecule has 0 atom stereocenters.